The molecule has 0 radical (unpaired) electrons. The molecular weight excluding hydrogens is 705 g/mol. The van der Waals surface area contributed by atoms with Crippen LogP contribution in [0.15, 0.2) is 164 Å². The van der Waals surface area contributed by atoms with Crippen molar-refractivity contribution < 1.29 is 4.74 Å². The normalized spacial score (nSPS) is 12.7. The molecule has 0 saturated heterocycles. The third kappa shape index (κ3) is 6.29. The molecule has 9 heteroatoms. The van der Waals surface area contributed by atoms with Gasteiger partial charge < -0.3 is 9.64 Å². The third-order valence-electron chi connectivity index (χ3n) is 10.4. The van der Waals surface area contributed by atoms with Crippen LogP contribution < -0.4 is 14.5 Å². The molecule has 4 aromatic heterocycles. The standard InChI is InChI=1S/C48H38N8O/c1-48(2,3)34-23-26-50-44(27-34)56-40-20-11-10-19-38(40)39-22-21-37(29-42(39)56)57-36-18-12-17-35(28-36)54-31-55(41-24-25-49-30-43(41)54)47-52-45(32-13-6-4-7-14-32)51-46(53-47)33-15-8-5-9-16-33/h4-30H,31H2,1-3H3. The monoisotopic (exact) mass is 742 g/mol. The summed E-state index contributed by atoms with van der Waals surface area (Å²) in [5.74, 6) is 4.09. The Morgan fingerprint density at radius 3 is 2.02 bits per heavy atom. The first-order valence-corrected chi connectivity index (χ1v) is 19.0. The van der Waals surface area contributed by atoms with Gasteiger partial charge in [0.1, 0.15) is 24.0 Å². The molecule has 10 rings (SSSR count). The van der Waals surface area contributed by atoms with Gasteiger partial charge in [0.05, 0.1) is 28.6 Å². The summed E-state index contributed by atoms with van der Waals surface area (Å²) < 4.78 is 8.89. The van der Waals surface area contributed by atoms with Gasteiger partial charge in [-0.3, -0.25) is 14.5 Å². The fourth-order valence-electron chi connectivity index (χ4n) is 7.54. The van der Waals surface area contributed by atoms with Crippen LogP contribution in [0.2, 0.25) is 0 Å². The summed E-state index contributed by atoms with van der Waals surface area (Å²) in [6.07, 6.45) is 5.59. The van der Waals surface area contributed by atoms with E-state index in [1.807, 2.05) is 97.3 Å². The smallest absolute Gasteiger partial charge is 0.235 e. The van der Waals surface area contributed by atoms with Crippen molar-refractivity contribution in [3.05, 3.63) is 170 Å². The summed E-state index contributed by atoms with van der Waals surface area (Å²) in [7, 11) is 0. The van der Waals surface area contributed by atoms with E-state index >= 15 is 0 Å². The summed E-state index contributed by atoms with van der Waals surface area (Å²) in [5.41, 5.74) is 8.01. The molecule has 276 valence electrons. The van der Waals surface area contributed by atoms with Crippen LogP contribution >= 0.6 is 0 Å². The number of aromatic nitrogens is 6. The maximum atomic E-state index is 6.66. The van der Waals surface area contributed by atoms with E-state index in [4.69, 9.17) is 24.7 Å². The Labute approximate surface area is 330 Å². The molecule has 9 aromatic rings. The highest BCUT2D eigenvalue weighted by atomic mass is 16.5. The van der Waals surface area contributed by atoms with E-state index in [0.717, 1.165) is 56.2 Å². The Balaban J connectivity index is 1.01. The molecule has 0 aliphatic carbocycles. The summed E-state index contributed by atoms with van der Waals surface area (Å²) in [6.45, 7) is 7.14. The predicted molar refractivity (Wildman–Crippen MR) is 228 cm³/mol. The molecule has 57 heavy (non-hydrogen) atoms. The Morgan fingerprint density at radius 1 is 0.561 bits per heavy atom. The Morgan fingerprint density at radius 2 is 1.26 bits per heavy atom. The average molecular weight is 743 g/mol. The number of benzene rings is 5. The molecule has 0 amide bonds. The van der Waals surface area contributed by atoms with Crippen molar-refractivity contribution in [1.29, 1.82) is 0 Å². The van der Waals surface area contributed by atoms with Crippen molar-refractivity contribution in [3.8, 4) is 40.1 Å². The molecule has 0 saturated carbocycles. The van der Waals surface area contributed by atoms with Crippen molar-refractivity contribution in [2.24, 2.45) is 0 Å². The number of hydrogen-bond acceptors (Lipinski definition) is 8. The second kappa shape index (κ2) is 13.7. The van der Waals surface area contributed by atoms with Crippen molar-refractivity contribution in [2.75, 3.05) is 16.5 Å². The molecule has 0 N–H and O–H groups in total. The number of pyridine rings is 2. The zero-order valence-electron chi connectivity index (χ0n) is 31.8. The first-order chi connectivity index (χ1) is 27.9. The number of para-hydroxylation sites is 1. The number of ether oxygens (including phenoxy) is 1. The van der Waals surface area contributed by atoms with Crippen molar-refractivity contribution >= 4 is 44.8 Å². The fourth-order valence-corrected chi connectivity index (χ4v) is 7.54. The molecule has 1 aliphatic rings. The quantitative estimate of drug-likeness (QED) is 0.160. The van der Waals surface area contributed by atoms with E-state index in [2.05, 4.69) is 101 Å². The lowest BCUT2D eigenvalue weighted by Crippen LogP contribution is -2.25. The van der Waals surface area contributed by atoms with Gasteiger partial charge in [0.25, 0.3) is 0 Å². The fraction of sp³-hybridized carbons (Fsp3) is 0.104. The minimum absolute atomic E-state index is 0.0137. The van der Waals surface area contributed by atoms with Crippen LogP contribution in [0.1, 0.15) is 26.3 Å². The molecule has 1 aliphatic heterocycles. The zero-order chi connectivity index (χ0) is 38.5. The predicted octanol–water partition coefficient (Wildman–Crippen LogP) is 11.4. The highest BCUT2D eigenvalue weighted by molar-refractivity contribution is 6.09. The maximum absolute atomic E-state index is 6.66. The molecule has 0 bridgehead atoms. The summed E-state index contributed by atoms with van der Waals surface area (Å²) in [5, 5.41) is 2.31. The van der Waals surface area contributed by atoms with E-state index in [1.165, 1.54) is 10.9 Å². The average Bonchev–Trinajstić information content (AvgIpc) is 3.80. The van der Waals surface area contributed by atoms with Crippen LogP contribution in [-0.2, 0) is 5.41 Å². The number of rotatable bonds is 7. The van der Waals surface area contributed by atoms with E-state index in [0.29, 0.717) is 30.0 Å². The van der Waals surface area contributed by atoms with Gasteiger partial charge >= 0.3 is 0 Å². The van der Waals surface area contributed by atoms with Crippen LogP contribution in [0.25, 0.3) is 50.4 Å². The second-order valence-corrected chi connectivity index (χ2v) is 15.2. The number of hydrogen-bond donors (Lipinski definition) is 0. The zero-order valence-corrected chi connectivity index (χ0v) is 31.8. The first kappa shape index (κ1) is 34.1. The van der Waals surface area contributed by atoms with Gasteiger partial charge in [-0.2, -0.15) is 9.97 Å². The Hall–Kier alpha value is -7.39. The summed E-state index contributed by atoms with van der Waals surface area (Å²) in [6, 6.07) is 49.3. The topological polar surface area (TPSA) is 85.1 Å². The number of nitrogens with zero attached hydrogens (tertiary/aromatic N) is 8. The van der Waals surface area contributed by atoms with E-state index in [9.17, 15) is 0 Å². The van der Waals surface area contributed by atoms with Crippen LogP contribution in [0.4, 0.5) is 23.0 Å². The third-order valence-corrected chi connectivity index (χ3v) is 10.4. The maximum Gasteiger partial charge on any atom is 0.235 e. The lowest BCUT2D eigenvalue weighted by molar-refractivity contribution is 0.483. The van der Waals surface area contributed by atoms with Crippen molar-refractivity contribution in [2.45, 2.75) is 26.2 Å². The van der Waals surface area contributed by atoms with Crippen molar-refractivity contribution in [3.63, 3.8) is 0 Å². The van der Waals surface area contributed by atoms with Gasteiger partial charge in [0.2, 0.25) is 5.95 Å². The van der Waals surface area contributed by atoms with Gasteiger partial charge in [-0.05, 0) is 59.5 Å². The van der Waals surface area contributed by atoms with Gasteiger partial charge in [0.15, 0.2) is 11.6 Å². The number of fused-ring (bicyclic) bond motifs is 4. The van der Waals surface area contributed by atoms with Crippen LogP contribution in [0.3, 0.4) is 0 Å². The van der Waals surface area contributed by atoms with Crippen LogP contribution in [0.5, 0.6) is 11.5 Å². The van der Waals surface area contributed by atoms with Crippen LogP contribution in [-0.4, -0.2) is 36.2 Å². The Kier molecular flexibility index (Phi) is 8.22. The highest BCUT2D eigenvalue weighted by Crippen LogP contribution is 2.44. The van der Waals surface area contributed by atoms with Gasteiger partial charge in [-0.1, -0.05) is 106 Å². The van der Waals surface area contributed by atoms with E-state index in [-0.39, 0.29) is 5.41 Å². The molecular formula is C48H38N8O. The first-order valence-electron chi connectivity index (χ1n) is 19.0. The lowest BCUT2D eigenvalue weighted by atomic mass is 9.88. The second-order valence-electron chi connectivity index (χ2n) is 15.2. The molecule has 9 nitrogen and oxygen atoms in total. The molecule has 0 spiro atoms. The van der Waals surface area contributed by atoms with Gasteiger partial charge in [-0.15, -0.1) is 0 Å². The SMILES string of the molecule is CC(C)(C)c1ccnc(-n2c3ccccc3c3ccc(Oc4cccc(N5CN(c6nc(-c7ccccc7)nc(-c7ccccc7)n6)c6ccncc65)c4)cc32)c1. The van der Waals surface area contributed by atoms with Gasteiger partial charge in [0, 0.05) is 52.1 Å². The molecule has 5 aromatic carbocycles. The van der Waals surface area contributed by atoms with Gasteiger partial charge in [-0.25, -0.2) is 9.97 Å². The summed E-state index contributed by atoms with van der Waals surface area (Å²) in [4.78, 5) is 28.6. The molecule has 0 unspecified atom stereocenters. The summed E-state index contributed by atoms with van der Waals surface area (Å²) >= 11 is 0. The molecule has 5 heterocycles. The largest absolute Gasteiger partial charge is 0.457 e. The lowest BCUT2D eigenvalue weighted by Gasteiger charge is -2.21. The number of anilines is 4. The van der Waals surface area contributed by atoms with Crippen LogP contribution in [0, 0.1) is 0 Å². The van der Waals surface area contributed by atoms with E-state index < -0.39 is 0 Å². The van der Waals surface area contributed by atoms with E-state index in [1.54, 1.807) is 6.20 Å². The Bertz CT molecular complexity index is 2860. The van der Waals surface area contributed by atoms with Crippen molar-refractivity contribution in [1.82, 2.24) is 29.5 Å². The highest BCUT2D eigenvalue weighted by Gasteiger charge is 2.31. The minimum Gasteiger partial charge on any atom is -0.457 e. The molecule has 0 atom stereocenters. The molecule has 0 fully saturated rings. The minimum atomic E-state index is -0.0137.